The Labute approximate surface area is 91.9 Å². The molecular weight excluding hydrogens is 186 g/mol. The second-order valence-corrected chi connectivity index (χ2v) is 4.57. The van der Waals surface area contributed by atoms with E-state index in [1.54, 1.807) is 0 Å². The van der Waals surface area contributed by atoms with Crippen LogP contribution < -0.4 is 5.32 Å². The molecule has 1 aliphatic carbocycles. The van der Waals surface area contributed by atoms with Gasteiger partial charge in [0.15, 0.2) is 0 Å². The summed E-state index contributed by atoms with van der Waals surface area (Å²) in [6.07, 6.45) is 6.84. The summed E-state index contributed by atoms with van der Waals surface area (Å²) in [6.45, 7) is 5.45. The summed E-state index contributed by atoms with van der Waals surface area (Å²) in [5, 5.41) is 7.77. The van der Waals surface area contributed by atoms with Crippen molar-refractivity contribution in [2.45, 2.75) is 45.2 Å². The Morgan fingerprint density at radius 1 is 1.53 bits per heavy atom. The van der Waals surface area contributed by atoms with E-state index in [0.717, 1.165) is 12.5 Å². The minimum atomic E-state index is 0.681. The third-order valence-corrected chi connectivity index (χ3v) is 3.83. The summed E-state index contributed by atoms with van der Waals surface area (Å²) in [5.74, 6) is 1.42. The van der Waals surface area contributed by atoms with Crippen LogP contribution >= 0.6 is 0 Å². The third kappa shape index (κ3) is 1.93. The first-order valence-electron chi connectivity index (χ1n) is 5.95. The van der Waals surface area contributed by atoms with Crippen molar-refractivity contribution in [1.29, 1.82) is 0 Å². The van der Waals surface area contributed by atoms with Gasteiger partial charge in [-0.3, -0.25) is 4.68 Å². The molecule has 0 bridgehead atoms. The van der Waals surface area contributed by atoms with E-state index < -0.39 is 0 Å². The van der Waals surface area contributed by atoms with Crippen LogP contribution in [-0.2, 0) is 6.54 Å². The third-order valence-electron chi connectivity index (χ3n) is 3.83. The molecule has 0 aromatic carbocycles. The van der Waals surface area contributed by atoms with Crippen molar-refractivity contribution in [3.63, 3.8) is 0 Å². The van der Waals surface area contributed by atoms with Gasteiger partial charge in [-0.15, -0.1) is 0 Å². The van der Waals surface area contributed by atoms with Crippen LogP contribution in [0, 0.1) is 5.92 Å². The highest BCUT2D eigenvalue weighted by Crippen LogP contribution is 2.39. The first-order valence-corrected chi connectivity index (χ1v) is 5.95. The minimum Gasteiger partial charge on any atom is -0.317 e. The van der Waals surface area contributed by atoms with Crippen LogP contribution in [0.2, 0.25) is 0 Å². The summed E-state index contributed by atoms with van der Waals surface area (Å²) in [7, 11) is 2.07. The minimum absolute atomic E-state index is 0.681. The summed E-state index contributed by atoms with van der Waals surface area (Å²) in [5.41, 5.74) is 1.42. The monoisotopic (exact) mass is 207 g/mol. The van der Waals surface area contributed by atoms with Gasteiger partial charge < -0.3 is 5.32 Å². The Kier molecular flexibility index (Phi) is 3.10. The van der Waals surface area contributed by atoms with Crippen LogP contribution in [0.25, 0.3) is 0 Å². The maximum atomic E-state index is 4.36. The fraction of sp³-hybridized carbons (Fsp3) is 0.750. The van der Waals surface area contributed by atoms with Gasteiger partial charge in [-0.1, -0.05) is 6.92 Å². The largest absolute Gasteiger partial charge is 0.317 e. The summed E-state index contributed by atoms with van der Waals surface area (Å²) in [6, 6.07) is 0.681. The molecule has 2 rings (SSSR count). The van der Waals surface area contributed by atoms with Crippen LogP contribution in [0.3, 0.4) is 0 Å². The van der Waals surface area contributed by atoms with Gasteiger partial charge in [0.1, 0.15) is 0 Å². The molecule has 1 aromatic rings. The zero-order valence-electron chi connectivity index (χ0n) is 9.90. The smallest absolute Gasteiger partial charge is 0.0524 e. The van der Waals surface area contributed by atoms with Crippen molar-refractivity contribution < 1.29 is 0 Å². The lowest BCUT2D eigenvalue weighted by Gasteiger charge is -2.19. The van der Waals surface area contributed by atoms with Gasteiger partial charge in [0, 0.05) is 18.8 Å². The van der Waals surface area contributed by atoms with Crippen molar-refractivity contribution in [3.05, 3.63) is 18.0 Å². The Hall–Kier alpha value is -0.830. The van der Waals surface area contributed by atoms with E-state index in [2.05, 4.69) is 37.5 Å². The zero-order chi connectivity index (χ0) is 10.8. The molecule has 1 heterocycles. The Balaban J connectivity index is 2.11. The fourth-order valence-corrected chi connectivity index (χ4v) is 2.79. The molecule has 3 unspecified atom stereocenters. The van der Waals surface area contributed by atoms with Crippen LogP contribution in [0.15, 0.2) is 12.4 Å². The molecule has 0 amide bonds. The van der Waals surface area contributed by atoms with Crippen molar-refractivity contribution in [1.82, 2.24) is 15.1 Å². The van der Waals surface area contributed by atoms with Crippen LogP contribution in [0.5, 0.6) is 0 Å². The Morgan fingerprint density at radius 3 is 2.87 bits per heavy atom. The highest BCUT2D eigenvalue weighted by molar-refractivity contribution is 5.16. The first kappa shape index (κ1) is 10.7. The fourth-order valence-electron chi connectivity index (χ4n) is 2.79. The number of aromatic nitrogens is 2. The lowest BCUT2D eigenvalue weighted by molar-refractivity contribution is 0.428. The van der Waals surface area contributed by atoms with Gasteiger partial charge in [0.25, 0.3) is 0 Å². The van der Waals surface area contributed by atoms with E-state index in [9.17, 15) is 0 Å². The predicted molar refractivity (Wildman–Crippen MR) is 61.9 cm³/mol. The average molecular weight is 207 g/mol. The number of hydrogen-bond acceptors (Lipinski definition) is 2. The molecule has 1 fully saturated rings. The van der Waals surface area contributed by atoms with Crippen molar-refractivity contribution in [2.75, 3.05) is 7.05 Å². The van der Waals surface area contributed by atoms with Gasteiger partial charge in [-0.25, -0.2) is 0 Å². The molecule has 15 heavy (non-hydrogen) atoms. The van der Waals surface area contributed by atoms with E-state index in [0.29, 0.717) is 12.0 Å². The first-order chi connectivity index (χ1) is 7.26. The summed E-state index contributed by atoms with van der Waals surface area (Å²) >= 11 is 0. The van der Waals surface area contributed by atoms with Crippen molar-refractivity contribution >= 4 is 0 Å². The summed E-state index contributed by atoms with van der Waals surface area (Å²) < 4.78 is 2.02. The van der Waals surface area contributed by atoms with Crippen LogP contribution in [0.1, 0.15) is 38.2 Å². The predicted octanol–water partition coefficient (Wildman–Crippen LogP) is 2.00. The van der Waals surface area contributed by atoms with E-state index >= 15 is 0 Å². The second kappa shape index (κ2) is 4.35. The van der Waals surface area contributed by atoms with Crippen molar-refractivity contribution in [2.24, 2.45) is 5.92 Å². The van der Waals surface area contributed by atoms with Gasteiger partial charge in [-0.2, -0.15) is 5.10 Å². The molecule has 1 aliphatic rings. The molecule has 1 saturated carbocycles. The molecule has 0 spiro atoms. The van der Waals surface area contributed by atoms with E-state index in [4.69, 9.17) is 0 Å². The number of nitrogens with zero attached hydrogens (tertiary/aromatic N) is 2. The molecule has 0 saturated heterocycles. The molecule has 3 heteroatoms. The van der Waals surface area contributed by atoms with E-state index in [1.807, 2.05) is 10.9 Å². The maximum absolute atomic E-state index is 4.36. The number of nitrogens with one attached hydrogen (secondary N) is 1. The Morgan fingerprint density at radius 2 is 2.33 bits per heavy atom. The second-order valence-electron chi connectivity index (χ2n) is 4.57. The highest BCUT2D eigenvalue weighted by atomic mass is 15.3. The number of aryl methyl sites for hydroxylation is 1. The molecule has 0 radical (unpaired) electrons. The molecule has 3 nitrogen and oxygen atoms in total. The topological polar surface area (TPSA) is 29.9 Å². The SMILES string of the molecule is CCn1cc(C2CCC(NC)C2C)cn1. The molecule has 84 valence electrons. The van der Waals surface area contributed by atoms with Crippen molar-refractivity contribution in [3.8, 4) is 0 Å². The molecule has 1 N–H and O–H groups in total. The molecule has 0 aliphatic heterocycles. The molecule has 3 atom stereocenters. The lowest BCUT2D eigenvalue weighted by Crippen LogP contribution is -2.28. The number of rotatable bonds is 3. The van der Waals surface area contributed by atoms with Gasteiger partial charge in [0.2, 0.25) is 0 Å². The molecule has 1 aromatic heterocycles. The quantitative estimate of drug-likeness (QED) is 0.821. The van der Waals surface area contributed by atoms with E-state index in [-0.39, 0.29) is 0 Å². The standard InChI is InChI=1S/C12H21N3/c1-4-15-8-10(7-14-15)11-5-6-12(13-3)9(11)2/h7-9,11-13H,4-6H2,1-3H3. The highest BCUT2D eigenvalue weighted by Gasteiger charge is 2.33. The van der Waals surface area contributed by atoms with Gasteiger partial charge in [0.05, 0.1) is 6.20 Å². The maximum Gasteiger partial charge on any atom is 0.0524 e. The van der Waals surface area contributed by atoms with Crippen LogP contribution in [0.4, 0.5) is 0 Å². The van der Waals surface area contributed by atoms with Gasteiger partial charge in [-0.05, 0) is 44.2 Å². The Bertz CT molecular complexity index is 318. The number of hydrogen-bond donors (Lipinski definition) is 1. The van der Waals surface area contributed by atoms with E-state index in [1.165, 1.54) is 18.4 Å². The zero-order valence-corrected chi connectivity index (χ0v) is 9.90. The average Bonchev–Trinajstić information content (AvgIpc) is 2.83. The summed E-state index contributed by atoms with van der Waals surface area (Å²) in [4.78, 5) is 0. The van der Waals surface area contributed by atoms with Crippen LogP contribution in [-0.4, -0.2) is 22.9 Å². The molecular formula is C12H21N3. The lowest BCUT2D eigenvalue weighted by atomic mass is 9.91. The van der Waals surface area contributed by atoms with Gasteiger partial charge >= 0.3 is 0 Å². The normalized spacial score (nSPS) is 31.0.